The molecule has 1 saturated carbocycles. The molecule has 2 aliphatic rings. The van der Waals surface area contributed by atoms with Gasteiger partial charge in [0.15, 0.2) is 0 Å². The Labute approximate surface area is 136 Å². The highest BCUT2D eigenvalue weighted by Crippen LogP contribution is 2.58. The number of urea groups is 1. The van der Waals surface area contributed by atoms with E-state index in [0.717, 1.165) is 24.9 Å². The molecular formula is C17H24N4O2. The van der Waals surface area contributed by atoms with Gasteiger partial charge in [0.2, 0.25) is 5.91 Å². The molecule has 3 rings (SSSR count). The van der Waals surface area contributed by atoms with Crippen LogP contribution in [0.3, 0.4) is 0 Å². The minimum Gasteiger partial charge on any atom is -0.352 e. The summed E-state index contributed by atoms with van der Waals surface area (Å²) in [4.78, 5) is 30.3. The van der Waals surface area contributed by atoms with E-state index in [-0.39, 0.29) is 29.3 Å². The quantitative estimate of drug-likeness (QED) is 0.884. The van der Waals surface area contributed by atoms with Crippen LogP contribution in [0.1, 0.15) is 32.3 Å². The summed E-state index contributed by atoms with van der Waals surface area (Å²) < 4.78 is 0. The van der Waals surface area contributed by atoms with Crippen LogP contribution >= 0.6 is 0 Å². The molecule has 6 nitrogen and oxygen atoms in total. The second kappa shape index (κ2) is 6.18. The molecule has 2 N–H and O–H groups in total. The van der Waals surface area contributed by atoms with Gasteiger partial charge in [-0.1, -0.05) is 6.07 Å². The van der Waals surface area contributed by atoms with Crippen LogP contribution in [-0.2, 0) is 11.3 Å². The van der Waals surface area contributed by atoms with Crippen LogP contribution in [0.5, 0.6) is 0 Å². The summed E-state index contributed by atoms with van der Waals surface area (Å²) in [5, 5.41) is 5.91. The van der Waals surface area contributed by atoms with Crippen LogP contribution in [-0.4, -0.2) is 41.0 Å². The lowest BCUT2D eigenvalue weighted by molar-refractivity contribution is -0.123. The predicted molar refractivity (Wildman–Crippen MR) is 86.5 cm³/mol. The van der Waals surface area contributed by atoms with Crippen LogP contribution in [0, 0.1) is 11.3 Å². The summed E-state index contributed by atoms with van der Waals surface area (Å²) >= 11 is 0. The van der Waals surface area contributed by atoms with Crippen molar-refractivity contribution in [1.29, 1.82) is 0 Å². The molecule has 0 unspecified atom stereocenters. The number of aromatic nitrogens is 1. The molecule has 0 aromatic carbocycles. The van der Waals surface area contributed by atoms with E-state index in [1.165, 1.54) is 0 Å². The summed E-state index contributed by atoms with van der Waals surface area (Å²) in [7, 11) is 0. The summed E-state index contributed by atoms with van der Waals surface area (Å²) in [6.45, 7) is 5.85. The number of nitrogens with one attached hydrogen (secondary N) is 2. The monoisotopic (exact) mass is 316 g/mol. The molecule has 1 spiro atoms. The number of hydrogen-bond donors (Lipinski definition) is 2. The normalized spacial score (nSPS) is 25.7. The van der Waals surface area contributed by atoms with Gasteiger partial charge in [-0.15, -0.1) is 0 Å². The second-order valence-electron chi connectivity index (χ2n) is 6.97. The van der Waals surface area contributed by atoms with Gasteiger partial charge in [0.25, 0.3) is 0 Å². The molecule has 1 aromatic heterocycles. The lowest BCUT2D eigenvalue weighted by Crippen LogP contribution is -2.42. The Hall–Kier alpha value is -2.11. The van der Waals surface area contributed by atoms with Crippen LogP contribution in [0.4, 0.5) is 4.79 Å². The molecule has 0 bridgehead atoms. The van der Waals surface area contributed by atoms with Gasteiger partial charge in [-0.25, -0.2) is 4.79 Å². The number of likely N-dealkylation sites (tertiary alicyclic amines) is 1. The zero-order valence-corrected chi connectivity index (χ0v) is 13.7. The fraction of sp³-hybridized carbons (Fsp3) is 0.588. The number of pyridine rings is 1. The standard InChI is InChI=1S/C17H24N4O2/c1-12(2)20-16(23)21-7-5-17(11-21)8-14(17)15(22)19-10-13-4-3-6-18-9-13/h3-4,6,9,12,14H,5,7-8,10-11H2,1-2H3,(H,19,22)(H,20,23)/t14-,17+/m1/s1. The van der Waals surface area contributed by atoms with Gasteiger partial charge < -0.3 is 15.5 Å². The lowest BCUT2D eigenvalue weighted by atomic mass is 10.0. The molecule has 23 heavy (non-hydrogen) atoms. The molecule has 3 amide bonds. The molecule has 1 aliphatic carbocycles. The van der Waals surface area contributed by atoms with Crippen molar-refractivity contribution in [3.05, 3.63) is 30.1 Å². The van der Waals surface area contributed by atoms with E-state index in [4.69, 9.17) is 0 Å². The molecule has 1 saturated heterocycles. The number of carbonyl (C=O) groups is 2. The van der Waals surface area contributed by atoms with Crippen LogP contribution in [0.2, 0.25) is 0 Å². The van der Waals surface area contributed by atoms with Crippen molar-refractivity contribution in [3.8, 4) is 0 Å². The average Bonchev–Trinajstić information content (AvgIpc) is 3.05. The third-order valence-electron chi connectivity index (χ3n) is 4.78. The third-order valence-corrected chi connectivity index (χ3v) is 4.78. The van der Waals surface area contributed by atoms with Crippen LogP contribution in [0.15, 0.2) is 24.5 Å². The minimum absolute atomic E-state index is 0.00728. The zero-order chi connectivity index (χ0) is 16.4. The third kappa shape index (κ3) is 3.46. The van der Waals surface area contributed by atoms with Crippen molar-refractivity contribution in [2.24, 2.45) is 11.3 Å². The highest BCUT2D eigenvalue weighted by Gasteiger charge is 2.61. The Balaban J connectivity index is 1.49. The Bertz CT molecular complexity index is 590. The van der Waals surface area contributed by atoms with Gasteiger partial charge in [-0.2, -0.15) is 0 Å². The van der Waals surface area contributed by atoms with Crippen LogP contribution < -0.4 is 10.6 Å². The molecule has 6 heteroatoms. The summed E-state index contributed by atoms with van der Waals surface area (Å²) in [5.41, 5.74) is 1.01. The van der Waals surface area contributed by atoms with Crippen molar-refractivity contribution < 1.29 is 9.59 Å². The van der Waals surface area contributed by atoms with Crippen molar-refractivity contribution in [1.82, 2.24) is 20.5 Å². The van der Waals surface area contributed by atoms with Gasteiger partial charge in [0.1, 0.15) is 0 Å². The number of hydrogen-bond acceptors (Lipinski definition) is 3. The number of rotatable bonds is 4. The Morgan fingerprint density at radius 3 is 3.00 bits per heavy atom. The first-order valence-corrected chi connectivity index (χ1v) is 8.22. The fourth-order valence-electron chi connectivity index (χ4n) is 3.39. The van der Waals surface area contributed by atoms with Gasteiger partial charge >= 0.3 is 6.03 Å². The van der Waals surface area contributed by atoms with Gasteiger partial charge in [-0.3, -0.25) is 9.78 Å². The van der Waals surface area contributed by atoms with E-state index in [2.05, 4.69) is 15.6 Å². The zero-order valence-electron chi connectivity index (χ0n) is 13.7. The first-order valence-electron chi connectivity index (χ1n) is 8.22. The molecular weight excluding hydrogens is 292 g/mol. The number of carbonyl (C=O) groups excluding carboxylic acids is 2. The smallest absolute Gasteiger partial charge is 0.317 e. The minimum atomic E-state index is -0.0155. The van der Waals surface area contributed by atoms with E-state index < -0.39 is 0 Å². The van der Waals surface area contributed by atoms with Crippen molar-refractivity contribution in [2.75, 3.05) is 13.1 Å². The summed E-state index contributed by atoms with van der Waals surface area (Å²) in [5.74, 6) is 0.135. The number of nitrogens with zero attached hydrogens (tertiary/aromatic N) is 2. The Kier molecular flexibility index (Phi) is 4.24. The molecule has 2 fully saturated rings. The van der Waals surface area contributed by atoms with Crippen molar-refractivity contribution >= 4 is 11.9 Å². The van der Waals surface area contributed by atoms with E-state index in [0.29, 0.717) is 13.1 Å². The van der Waals surface area contributed by atoms with E-state index in [1.807, 2.05) is 30.9 Å². The topological polar surface area (TPSA) is 74.3 Å². The van der Waals surface area contributed by atoms with E-state index >= 15 is 0 Å². The Morgan fingerprint density at radius 1 is 1.48 bits per heavy atom. The van der Waals surface area contributed by atoms with E-state index in [9.17, 15) is 9.59 Å². The van der Waals surface area contributed by atoms with Crippen molar-refractivity contribution in [3.63, 3.8) is 0 Å². The van der Waals surface area contributed by atoms with Gasteiger partial charge in [0.05, 0.1) is 0 Å². The average molecular weight is 316 g/mol. The van der Waals surface area contributed by atoms with Gasteiger partial charge in [0, 0.05) is 49.4 Å². The van der Waals surface area contributed by atoms with Crippen LogP contribution in [0.25, 0.3) is 0 Å². The lowest BCUT2D eigenvalue weighted by Gasteiger charge is -2.19. The predicted octanol–water partition coefficient (Wildman–Crippen LogP) is 1.53. The molecule has 2 atom stereocenters. The van der Waals surface area contributed by atoms with Gasteiger partial charge in [-0.05, 0) is 38.3 Å². The SMILES string of the molecule is CC(C)NC(=O)N1CC[C@]2(C[C@@H]2C(=O)NCc2cccnc2)C1. The maximum Gasteiger partial charge on any atom is 0.317 e. The first kappa shape index (κ1) is 15.8. The summed E-state index contributed by atoms with van der Waals surface area (Å²) in [6, 6.07) is 3.93. The Morgan fingerprint density at radius 2 is 2.30 bits per heavy atom. The maximum atomic E-state index is 12.3. The molecule has 124 valence electrons. The molecule has 0 radical (unpaired) electrons. The largest absolute Gasteiger partial charge is 0.352 e. The first-order chi connectivity index (χ1) is 11.0. The molecule has 1 aliphatic heterocycles. The highest BCUT2D eigenvalue weighted by molar-refractivity contribution is 5.83. The highest BCUT2D eigenvalue weighted by atomic mass is 16.2. The second-order valence-corrected chi connectivity index (χ2v) is 6.97. The molecule has 1 aromatic rings. The molecule has 2 heterocycles. The summed E-state index contributed by atoms with van der Waals surface area (Å²) in [6.07, 6.45) is 5.29. The fourth-order valence-corrected chi connectivity index (χ4v) is 3.39. The van der Waals surface area contributed by atoms with E-state index in [1.54, 1.807) is 12.4 Å². The van der Waals surface area contributed by atoms with Crippen molar-refractivity contribution in [2.45, 2.75) is 39.3 Å². The maximum absolute atomic E-state index is 12.3. The number of amides is 3.